The van der Waals surface area contributed by atoms with Gasteiger partial charge in [0.05, 0.1) is 5.56 Å². The van der Waals surface area contributed by atoms with Crippen molar-refractivity contribution in [2.45, 2.75) is 38.3 Å². The van der Waals surface area contributed by atoms with Gasteiger partial charge in [-0.05, 0) is 37.1 Å². The summed E-state index contributed by atoms with van der Waals surface area (Å²) in [7, 11) is 0. The fourth-order valence-corrected chi connectivity index (χ4v) is 3.72. The molecule has 0 aromatic heterocycles. The van der Waals surface area contributed by atoms with Crippen LogP contribution in [0.1, 0.15) is 48.0 Å². The Hall–Kier alpha value is -2.05. The smallest absolute Gasteiger partial charge is 0.339 e. The molecule has 2 amide bonds. The van der Waals surface area contributed by atoms with E-state index in [1.807, 2.05) is 4.90 Å². The summed E-state index contributed by atoms with van der Waals surface area (Å²) in [6.45, 7) is 1.81. The molecule has 1 aromatic carbocycles. The molecule has 142 valence electrons. The third-order valence-electron chi connectivity index (χ3n) is 5.29. The van der Waals surface area contributed by atoms with Gasteiger partial charge >= 0.3 is 6.18 Å². The standard InChI is InChI=1S/C19H23F3N2O2/c20-19(21,22)16-8-6-15(7-9-16)18(26)24-12-10-23(11-13-24)17(25)14-4-2-1-3-5-14/h6-9,14H,1-5,10-13H2. The first-order valence-corrected chi connectivity index (χ1v) is 9.11. The molecule has 0 N–H and O–H groups in total. The Labute approximate surface area is 151 Å². The van der Waals surface area contributed by atoms with Crippen molar-refractivity contribution >= 4 is 11.8 Å². The zero-order valence-corrected chi connectivity index (χ0v) is 14.6. The maximum absolute atomic E-state index is 12.6. The van der Waals surface area contributed by atoms with Gasteiger partial charge in [0.15, 0.2) is 0 Å². The van der Waals surface area contributed by atoms with E-state index in [4.69, 9.17) is 0 Å². The molecule has 1 aromatic rings. The molecule has 0 bridgehead atoms. The molecule has 1 aliphatic carbocycles. The van der Waals surface area contributed by atoms with Gasteiger partial charge in [0.25, 0.3) is 5.91 Å². The van der Waals surface area contributed by atoms with Crippen LogP contribution in [0.15, 0.2) is 24.3 Å². The van der Waals surface area contributed by atoms with Crippen molar-refractivity contribution in [1.29, 1.82) is 0 Å². The summed E-state index contributed by atoms with van der Waals surface area (Å²) in [6.07, 6.45) is 0.879. The third kappa shape index (κ3) is 4.19. The number of benzene rings is 1. The summed E-state index contributed by atoms with van der Waals surface area (Å²) >= 11 is 0. The second kappa shape index (κ2) is 7.68. The molecule has 2 fully saturated rings. The van der Waals surface area contributed by atoms with E-state index in [-0.39, 0.29) is 23.3 Å². The molecule has 1 saturated heterocycles. The van der Waals surface area contributed by atoms with Crippen LogP contribution in [-0.2, 0) is 11.0 Å². The van der Waals surface area contributed by atoms with Crippen LogP contribution >= 0.6 is 0 Å². The number of carbonyl (C=O) groups excluding carboxylic acids is 2. The van der Waals surface area contributed by atoms with Gasteiger partial charge in [-0.3, -0.25) is 9.59 Å². The van der Waals surface area contributed by atoms with Crippen molar-refractivity contribution in [2.75, 3.05) is 26.2 Å². The van der Waals surface area contributed by atoms with E-state index in [0.717, 1.165) is 37.8 Å². The minimum absolute atomic E-state index is 0.112. The summed E-state index contributed by atoms with van der Waals surface area (Å²) in [4.78, 5) is 28.5. The van der Waals surface area contributed by atoms with E-state index in [1.54, 1.807) is 4.90 Å². The highest BCUT2D eigenvalue weighted by Crippen LogP contribution is 2.29. The lowest BCUT2D eigenvalue weighted by atomic mass is 9.88. The molecule has 1 aliphatic heterocycles. The predicted molar refractivity (Wildman–Crippen MR) is 90.5 cm³/mol. The molecule has 7 heteroatoms. The van der Waals surface area contributed by atoms with Gasteiger partial charge < -0.3 is 9.80 Å². The van der Waals surface area contributed by atoms with Gasteiger partial charge in [0.1, 0.15) is 0 Å². The van der Waals surface area contributed by atoms with Crippen LogP contribution in [0.5, 0.6) is 0 Å². The highest BCUT2D eigenvalue weighted by molar-refractivity contribution is 5.94. The monoisotopic (exact) mass is 368 g/mol. The van der Waals surface area contributed by atoms with Crippen LogP contribution in [0, 0.1) is 5.92 Å². The van der Waals surface area contributed by atoms with E-state index in [1.165, 1.54) is 18.6 Å². The van der Waals surface area contributed by atoms with Crippen LogP contribution in [0.25, 0.3) is 0 Å². The molecule has 1 heterocycles. The molecule has 26 heavy (non-hydrogen) atoms. The Balaban J connectivity index is 1.55. The Morgan fingerprint density at radius 2 is 1.38 bits per heavy atom. The van der Waals surface area contributed by atoms with E-state index in [9.17, 15) is 22.8 Å². The SMILES string of the molecule is O=C(c1ccc(C(F)(F)F)cc1)N1CCN(C(=O)C2CCCCC2)CC1. The van der Waals surface area contributed by atoms with Gasteiger partial charge in [-0.1, -0.05) is 19.3 Å². The maximum Gasteiger partial charge on any atom is 0.416 e. The molecule has 2 aliphatic rings. The normalized spacial score (nSPS) is 19.5. The van der Waals surface area contributed by atoms with E-state index in [2.05, 4.69) is 0 Å². The van der Waals surface area contributed by atoms with Crippen molar-refractivity contribution < 1.29 is 22.8 Å². The molecule has 1 saturated carbocycles. The van der Waals surface area contributed by atoms with Crippen LogP contribution < -0.4 is 0 Å². The average Bonchev–Trinajstić information content (AvgIpc) is 2.67. The van der Waals surface area contributed by atoms with Crippen LogP contribution in [-0.4, -0.2) is 47.8 Å². The number of piperazine rings is 1. The first kappa shape index (κ1) is 18.7. The van der Waals surface area contributed by atoms with Gasteiger partial charge in [-0.25, -0.2) is 0 Å². The summed E-state index contributed by atoms with van der Waals surface area (Å²) in [5.41, 5.74) is -0.526. The lowest BCUT2D eigenvalue weighted by Gasteiger charge is -2.37. The van der Waals surface area contributed by atoms with Crippen molar-refractivity contribution in [3.63, 3.8) is 0 Å². The number of amides is 2. The van der Waals surface area contributed by atoms with Gasteiger partial charge in [-0.15, -0.1) is 0 Å². The number of carbonyl (C=O) groups is 2. The number of nitrogens with zero attached hydrogens (tertiary/aromatic N) is 2. The molecule has 4 nitrogen and oxygen atoms in total. The van der Waals surface area contributed by atoms with Crippen molar-refractivity contribution in [3.05, 3.63) is 35.4 Å². The number of halogens is 3. The molecule has 0 unspecified atom stereocenters. The predicted octanol–water partition coefficient (Wildman–Crippen LogP) is 3.57. The summed E-state index contributed by atoms with van der Waals surface area (Å²) in [6, 6.07) is 4.28. The first-order chi connectivity index (χ1) is 12.4. The van der Waals surface area contributed by atoms with Crippen LogP contribution in [0.2, 0.25) is 0 Å². The van der Waals surface area contributed by atoms with Crippen molar-refractivity contribution in [1.82, 2.24) is 9.80 Å². The highest BCUT2D eigenvalue weighted by Gasteiger charge is 2.32. The van der Waals surface area contributed by atoms with E-state index >= 15 is 0 Å². The van der Waals surface area contributed by atoms with Gasteiger partial charge in [0.2, 0.25) is 5.91 Å². The van der Waals surface area contributed by atoms with Crippen LogP contribution in [0.3, 0.4) is 0 Å². The second-order valence-electron chi connectivity index (χ2n) is 7.03. The Kier molecular flexibility index (Phi) is 5.53. The lowest BCUT2D eigenvalue weighted by molar-refractivity contribution is -0.138. The van der Waals surface area contributed by atoms with Crippen molar-refractivity contribution in [3.8, 4) is 0 Å². The minimum Gasteiger partial charge on any atom is -0.339 e. The number of alkyl halides is 3. The molecule has 0 atom stereocenters. The molecular weight excluding hydrogens is 345 g/mol. The van der Waals surface area contributed by atoms with Gasteiger partial charge in [-0.2, -0.15) is 13.2 Å². The largest absolute Gasteiger partial charge is 0.416 e. The zero-order valence-electron chi connectivity index (χ0n) is 14.6. The second-order valence-corrected chi connectivity index (χ2v) is 7.03. The molecule has 0 radical (unpaired) electrons. The Bertz CT molecular complexity index is 644. The van der Waals surface area contributed by atoms with Crippen LogP contribution in [0.4, 0.5) is 13.2 Å². The van der Waals surface area contributed by atoms with E-state index < -0.39 is 11.7 Å². The Morgan fingerprint density at radius 3 is 1.92 bits per heavy atom. The fraction of sp³-hybridized carbons (Fsp3) is 0.579. The quantitative estimate of drug-likeness (QED) is 0.801. The summed E-state index contributed by atoms with van der Waals surface area (Å²) in [5.74, 6) is 0.00994. The average molecular weight is 368 g/mol. The van der Waals surface area contributed by atoms with Gasteiger partial charge in [0, 0.05) is 37.7 Å². The number of hydrogen-bond acceptors (Lipinski definition) is 2. The summed E-state index contributed by atoms with van der Waals surface area (Å²) < 4.78 is 37.8. The molecule has 0 spiro atoms. The van der Waals surface area contributed by atoms with Crippen molar-refractivity contribution in [2.24, 2.45) is 5.92 Å². The number of rotatable bonds is 2. The third-order valence-corrected chi connectivity index (χ3v) is 5.29. The topological polar surface area (TPSA) is 40.6 Å². The summed E-state index contributed by atoms with van der Waals surface area (Å²) in [5, 5.41) is 0. The Morgan fingerprint density at radius 1 is 0.846 bits per heavy atom. The fourth-order valence-electron chi connectivity index (χ4n) is 3.72. The zero-order chi connectivity index (χ0) is 18.7. The van der Waals surface area contributed by atoms with E-state index in [0.29, 0.717) is 26.2 Å². The maximum atomic E-state index is 12.6. The lowest BCUT2D eigenvalue weighted by Crippen LogP contribution is -2.52. The number of hydrogen-bond donors (Lipinski definition) is 0. The molecular formula is C19H23F3N2O2. The minimum atomic E-state index is -4.41. The molecule has 3 rings (SSSR count). The first-order valence-electron chi connectivity index (χ1n) is 9.11. The highest BCUT2D eigenvalue weighted by atomic mass is 19.4.